The zero-order chi connectivity index (χ0) is 14.7. The van der Waals surface area contributed by atoms with Crippen molar-refractivity contribution in [3.05, 3.63) is 23.2 Å². The number of nitrogens with zero attached hydrogens (tertiary/aromatic N) is 3. The first kappa shape index (κ1) is 15.1. The molecule has 2 N–H and O–H groups in total. The monoisotopic (exact) mass is 294 g/mol. The van der Waals surface area contributed by atoms with Gasteiger partial charge in [-0.15, -0.1) is 0 Å². The lowest BCUT2D eigenvalue weighted by molar-refractivity contribution is 0.266. The van der Waals surface area contributed by atoms with Gasteiger partial charge in [-0.2, -0.15) is 0 Å². The summed E-state index contributed by atoms with van der Waals surface area (Å²) in [4.78, 5) is 6.71. The van der Waals surface area contributed by atoms with Crippen molar-refractivity contribution in [1.82, 2.24) is 14.5 Å². The topological polar surface area (TPSA) is 47.1 Å². The highest BCUT2D eigenvalue weighted by Crippen LogP contribution is 2.25. The van der Waals surface area contributed by atoms with Crippen LogP contribution in [0, 0.1) is 0 Å². The van der Waals surface area contributed by atoms with E-state index < -0.39 is 0 Å². The molecule has 0 aliphatic carbocycles. The summed E-state index contributed by atoms with van der Waals surface area (Å²) >= 11 is 6.14. The number of hydrogen-bond acceptors (Lipinski definition) is 3. The normalized spacial score (nSPS) is 11.9. The maximum atomic E-state index is 6.14. The molecule has 0 aliphatic rings. The van der Waals surface area contributed by atoms with Crippen molar-refractivity contribution < 1.29 is 0 Å². The molecule has 0 fully saturated rings. The van der Waals surface area contributed by atoms with Crippen LogP contribution in [0.5, 0.6) is 0 Å². The minimum Gasteiger partial charge on any atom is -0.369 e. The van der Waals surface area contributed by atoms with Gasteiger partial charge < -0.3 is 15.2 Å². The fraction of sp³-hybridized carbons (Fsp3) is 0.533. The van der Waals surface area contributed by atoms with Gasteiger partial charge in [0.2, 0.25) is 5.95 Å². The van der Waals surface area contributed by atoms with Crippen molar-refractivity contribution in [2.24, 2.45) is 0 Å². The molecule has 1 aromatic heterocycles. The summed E-state index contributed by atoms with van der Waals surface area (Å²) in [7, 11) is 2.16. The molecule has 0 saturated heterocycles. The maximum Gasteiger partial charge on any atom is 0.201 e. The zero-order valence-corrected chi connectivity index (χ0v) is 13.2. The van der Waals surface area contributed by atoms with Crippen LogP contribution in [0.25, 0.3) is 11.0 Å². The number of unbranched alkanes of at least 4 members (excludes halogenated alkanes) is 1. The first-order valence-electron chi connectivity index (χ1n) is 7.11. The van der Waals surface area contributed by atoms with Crippen LogP contribution in [0.1, 0.15) is 26.7 Å². The molecule has 2 rings (SSSR count). The van der Waals surface area contributed by atoms with Crippen LogP contribution in [0.4, 0.5) is 5.95 Å². The third kappa shape index (κ3) is 3.25. The Morgan fingerprint density at radius 1 is 1.35 bits per heavy atom. The highest BCUT2D eigenvalue weighted by Gasteiger charge is 2.10. The molecule has 4 nitrogen and oxygen atoms in total. The van der Waals surface area contributed by atoms with E-state index in [1.54, 1.807) is 0 Å². The number of anilines is 1. The minimum atomic E-state index is 0.547. The molecular formula is C15H23ClN4. The summed E-state index contributed by atoms with van der Waals surface area (Å²) in [6, 6.07) is 6.39. The molecule has 20 heavy (non-hydrogen) atoms. The second kappa shape index (κ2) is 6.46. The maximum absolute atomic E-state index is 6.14. The number of para-hydroxylation sites is 1. The highest BCUT2D eigenvalue weighted by molar-refractivity contribution is 6.35. The van der Waals surface area contributed by atoms with E-state index in [1.165, 1.54) is 0 Å². The quantitative estimate of drug-likeness (QED) is 0.831. The summed E-state index contributed by atoms with van der Waals surface area (Å²) in [5.41, 5.74) is 7.81. The Bertz CT molecular complexity index is 577. The number of hydrogen-bond donors (Lipinski definition) is 1. The third-order valence-electron chi connectivity index (χ3n) is 3.78. The number of benzene rings is 1. The van der Waals surface area contributed by atoms with E-state index in [0.29, 0.717) is 17.0 Å². The lowest BCUT2D eigenvalue weighted by Gasteiger charge is -2.20. The fourth-order valence-electron chi connectivity index (χ4n) is 2.26. The summed E-state index contributed by atoms with van der Waals surface area (Å²) in [6.07, 6.45) is 2.23. The molecule has 0 bridgehead atoms. The summed E-state index contributed by atoms with van der Waals surface area (Å²) in [6.45, 7) is 6.41. The average Bonchev–Trinajstić information content (AvgIpc) is 2.72. The van der Waals surface area contributed by atoms with Gasteiger partial charge in [-0.05, 0) is 52.4 Å². The van der Waals surface area contributed by atoms with Crippen molar-refractivity contribution in [2.75, 3.05) is 19.3 Å². The lowest BCUT2D eigenvalue weighted by Crippen LogP contribution is -2.27. The Morgan fingerprint density at radius 3 is 2.80 bits per heavy atom. The van der Waals surface area contributed by atoms with Gasteiger partial charge in [-0.3, -0.25) is 0 Å². The van der Waals surface area contributed by atoms with Gasteiger partial charge in [-0.25, -0.2) is 4.98 Å². The fourth-order valence-corrected chi connectivity index (χ4v) is 2.47. The van der Waals surface area contributed by atoms with Gasteiger partial charge >= 0.3 is 0 Å². The smallest absolute Gasteiger partial charge is 0.201 e. The van der Waals surface area contributed by atoms with Crippen LogP contribution >= 0.6 is 11.6 Å². The van der Waals surface area contributed by atoms with E-state index in [1.807, 2.05) is 18.2 Å². The van der Waals surface area contributed by atoms with Gasteiger partial charge in [0.15, 0.2) is 0 Å². The Hall–Kier alpha value is -1.26. The predicted octanol–water partition coefficient (Wildman–Crippen LogP) is 3.39. The number of imidazole rings is 1. The van der Waals surface area contributed by atoms with Crippen LogP contribution in [0.15, 0.2) is 18.2 Å². The first-order chi connectivity index (χ1) is 9.50. The van der Waals surface area contributed by atoms with Crippen molar-refractivity contribution in [1.29, 1.82) is 0 Å². The molecule has 0 amide bonds. The molecule has 0 unspecified atom stereocenters. The van der Waals surface area contributed by atoms with Crippen molar-refractivity contribution in [3.8, 4) is 0 Å². The van der Waals surface area contributed by atoms with Crippen LogP contribution in [0.3, 0.4) is 0 Å². The van der Waals surface area contributed by atoms with Crippen molar-refractivity contribution >= 4 is 28.6 Å². The van der Waals surface area contributed by atoms with E-state index in [2.05, 4.69) is 35.3 Å². The average molecular weight is 295 g/mol. The van der Waals surface area contributed by atoms with Gasteiger partial charge in [0.05, 0.1) is 10.5 Å². The molecule has 1 aromatic carbocycles. The van der Waals surface area contributed by atoms with Gasteiger partial charge in [-0.1, -0.05) is 17.7 Å². The molecule has 0 aliphatic heterocycles. The number of nitrogen functional groups attached to an aromatic ring is 1. The molecule has 0 atom stereocenters. The van der Waals surface area contributed by atoms with E-state index in [-0.39, 0.29) is 0 Å². The van der Waals surface area contributed by atoms with Crippen molar-refractivity contribution in [3.63, 3.8) is 0 Å². The molecular weight excluding hydrogens is 272 g/mol. The third-order valence-corrected chi connectivity index (χ3v) is 4.09. The molecule has 0 saturated carbocycles. The van der Waals surface area contributed by atoms with Crippen molar-refractivity contribution in [2.45, 2.75) is 39.3 Å². The second-order valence-corrected chi connectivity index (χ2v) is 5.92. The molecule has 110 valence electrons. The van der Waals surface area contributed by atoms with E-state index >= 15 is 0 Å². The van der Waals surface area contributed by atoms with Gasteiger partial charge in [0.25, 0.3) is 0 Å². The molecule has 2 aromatic rings. The van der Waals surface area contributed by atoms with Crippen LogP contribution < -0.4 is 5.73 Å². The minimum absolute atomic E-state index is 0.547. The van der Waals surface area contributed by atoms with Gasteiger partial charge in [0, 0.05) is 12.6 Å². The summed E-state index contributed by atoms with van der Waals surface area (Å²) < 4.78 is 2.05. The Balaban J connectivity index is 2.00. The number of fused-ring (bicyclic) bond motifs is 1. The van der Waals surface area contributed by atoms with Gasteiger partial charge in [0.1, 0.15) is 5.52 Å². The van der Waals surface area contributed by atoms with Crippen LogP contribution in [-0.4, -0.2) is 34.1 Å². The predicted molar refractivity (Wildman–Crippen MR) is 86.2 cm³/mol. The lowest BCUT2D eigenvalue weighted by atomic mass is 10.2. The Morgan fingerprint density at radius 2 is 2.10 bits per heavy atom. The summed E-state index contributed by atoms with van der Waals surface area (Å²) in [5.74, 6) is 0.547. The number of halogens is 1. The van der Waals surface area contributed by atoms with E-state index in [0.717, 1.165) is 37.0 Å². The second-order valence-electron chi connectivity index (χ2n) is 5.51. The molecule has 0 spiro atoms. The number of aromatic nitrogens is 2. The SMILES string of the molecule is CC(C)N(C)CCCCn1c(N)nc2c(Cl)cccc21. The standard InChI is InChI=1S/C15H23ClN4/c1-11(2)19(3)9-4-5-10-20-13-8-6-7-12(16)14(13)18-15(20)17/h6-8,11H,4-5,9-10H2,1-3H3,(H2,17,18). The Kier molecular flexibility index (Phi) is 4.89. The summed E-state index contributed by atoms with van der Waals surface area (Å²) in [5, 5.41) is 0.660. The molecule has 5 heteroatoms. The van der Waals surface area contributed by atoms with E-state index in [9.17, 15) is 0 Å². The molecule has 1 heterocycles. The highest BCUT2D eigenvalue weighted by atomic mass is 35.5. The molecule has 0 radical (unpaired) electrons. The number of nitrogens with two attached hydrogens (primary N) is 1. The Labute approximate surface area is 125 Å². The number of rotatable bonds is 6. The van der Waals surface area contributed by atoms with Crippen LogP contribution in [0.2, 0.25) is 5.02 Å². The largest absolute Gasteiger partial charge is 0.369 e. The van der Waals surface area contributed by atoms with Crippen LogP contribution in [-0.2, 0) is 6.54 Å². The number of aryl methyl sites for hydroxylation is 1. The zero-order valence-electron chi connectivity index (χ0n) is 12.4. The van der Waals surface area contributed by atoms with E-state index in [4.69, 9.17) is 17.3 Å². The first-order valence-corrected chi connectivity index (χ1v) is 7.49.